The van der Waals surface area contributed by atoms with Gasteiger partial charge in [0.05, 0.1) is 30.2 Å². The van der Waals surface area contributed by atoms with Crippen molar-refractivity contribution >= 4 is 28.9 Å². The average Bonchev–Trinajstić information content (AvgIpc) is 3.25. The zero-order valence-corrected chi connectivity index (χ0v) is 17.0. The largest absolute Gasteiger partial charge is 0.451 e. The Bertz CT molecular complexity index is 1070. The maximum atomic E-state index is 13.2. The van der Waals surface area contributed by atoms with E-state index in [2.05, 4.69) is 5.32 Å². The lowest BCUT2D eigenvalue weighted by atomic mass is 10.1. The van der Waals surface area contributed by atoms with Crippen LogP contribution in [0.15, 0.2) is 59.0 Å². The monoisotopic (exact) mass is 450 g/mol. The quantitative estimate of drug-likeness (QED) is 0.553. The third kappa shape index (κ3) is 4.86. The first kappa shape index (κ1) is 21.3. The number of rotatable bonds is 4. The van der Waals surface area contributed by atoms with Gasteiger partial charge in [0.25, 0.3) is 5.91 Å². The summed E-state index contributed by atoms with van der Waals surface area (Å²) in [6, 6.07) is 13.3. The van der Waals surface area contributed by atoms with Gasteiger partial charge in [-0.1, -0.05) is 11.6 Å². The van der Waals surface area contributed by atoms with Crippen LogP contribution in [-0.2, 0) is 10.9 Å². The predicted molar refractivity (Wildman–Crippen MR) is 112 cm³/mol. The predicted octanol–water partition coefficient (Wildman–Crippen LogP) is 5.71. The number of nitrogens with zero attached hydrogens (tertiary/aromatic N) is 1. The topological polar surface area (TPSA) is 54.7 Å². The van der Waals surface area contributed by atoms with E-state index in [1.165, 1.54) is 12.1 Å². The Hall–Kier alpha value is -2.97. The van der Waals surface area contributed by atoms with E-state index in [-0.39, 0.29) is 11.4 Å². The van der Waals surface area contributed by atoms with Crippen molar-refractivity contribution in [2.75, 3.05) is 36.5 Å². The summed E-state index contributed by atoms with van der Waals surface area (Å²) in [6.45, 7) is 1.93. The third-order valence-electron chi connectivity index (χ3n) is 4.88. The van der Waals surface area contributed by atoms with E-state index in [4.69, 9.17) is 20.8 Å². The van der Waals surface area contributed by atoms with Crippen LogP contribution in [0, 0.1) is 0 Å². The van der Waals surface area contributed by atoms with Gasteiger partial charge in [0.15, 0.2) is 5.76 Å². The molecule has 1 N–H and O–H groups in total. The first-order valence-corrected chi connectivity index (χ1v) is 9.90. The lowest BCUT2D eigenvalue weighted by Crippen LogP contribution is -2.36. The summed E-state index contributed by atoms with van der Waals surface area (Å²) in [7, 11) is 0. The highest BCUT2D eigenvalue weighted by molar-refractivity contribution is 6.30. The van der Waals surface area contributed by atoms with Crippen LogP contribution in [0.1, 0.15) is 16.1 Å². The number of amides is 1. The number of carbonyl (C=O) groups is 1. The van der Waals surface area contributed by atoms with Gasteiger partial charge in [-0.2, -0.15) is 13.2 Å². The molecular weight excluding hydrogens is 433 g/mol. The van der Waals surface area contributed by atoms with Crippen molar-refractivity contribution in [2.24, 2.45) is 0 Å². The fraction of sp³-hybridized carbons (Fsp3) is 0.227. The highest BCUT2D eigenvalue weighted by atomic mass is 35.5. The summed E-state index contributed by atoms with van der Waals surface area (Å²) in [5.74, 6) is -0.219. The molecule has 162 valence electrons. The van der Waals surface area contributed by atoms with Crippen molar-refractivity contribution in [3.63, 3.8) is 0 Å². The zero-order chi connectivity index (χ0) is 22.0. The molecule has 4 rings (SSSR count). The Labute approximate surface area is 181 Å². The SMILES string of the molecule is O=C(Nc1cc(C(F)(F)F)ccc1N1CCOCC1)c1ccc(-c2ccc(Cl)cc2)o1. The van der Waals surface area contributed by atoms with Crippen LogP contribution in [0.2, 0.25) is 5.02 Å². The highest BCUT2D eigenvalue weighted by Crippen LogP contribution is 2.36. The van der Waals surface area contributed by atoms with E-state index < -0.39 is 17.6 Å². The maximum Gasteiger partial charge on any atom is 0.416 e. The fourth-order valence-corrected chi connectivity index (χ4v) is 3.43. The minimum Gasteiger partial charge on any atom is -0.451 e. The van der Waals surface area contributed by atoms with Gasteiger partial charge < -0.3 is 19.4 Å². The number of benzene rings is 2. The van der Waals surface area contributed by atoms with E-state index in [9.17, 15) is 18.0 Å². The Morgan fingerprint density at radius 3 is 2.39 bits per heavy atom. The fourth-order valence-electron chi connectivity index (χ4n) is 3.31. The summed E-state index contributed by atoms with van der Waals surface area (Å²) in [5.41, 5.74) is 0.429. The molecule has 2 heterocycles. The molecule has 0 spiro atoms. The van der Waals surface area contributed by atoms with Crippen LogP contribution in [0.5, 0.6) is 0 Å². The smallest absolute Gasteiger partial charge is 0.416 e. The lowest BCUT2D eigenvalue weighted by Gasteiger charge is -2.30. The summed E-state index contributed by atoms with van der Waals surface area (Å²) < 4.78 is 50.7. The van der Waals surface area contributed by atoms with E-state index in [0.717, 1.165) is 17.7 Å². The minimum absolute atomic E-state index is 0.0183. The van der Waals surface area contributed by atoms with Crippen molar-refractivity contribution in [2.45, 2.75) is 6.18 Å². The normalized spacial score (nSPS) is 14.5. The van der Waals surface area contributed by atoms with Gasteiger partial charge in [0, 0.05) is 23.7 Å². The van der Waals surface area contributed by atoms with Gasteiger partial charge in [-0.15, -0.1) is 0 Å². The Morgan fingerprint density at radius 1 is 1.00 bits per heavy atom. The molecule has 0 atom stereocenters. The van der Waals surface area contributed by atoms with Crippen molar-refractivity contribution in [3.05, 3.63) is 70.9 Å². The first-order chi connectivity index (χ1) is 14.8. The van der Waals surface area contributed by atoms with Crippen LogP contribution < -0.4 is 10.2 Å². The molecule has 0 radical (unpaired) electrons. The molecule has 0 saturated carbocycles. The van der Waals surface area contributed by atoms with Crippen LogP contribution in [0.3, 0.4) is 0 Å². The van der Waals surface area contributed by atoms with Gasteiger partial charge in [-0.25, -0.2) is 0 Å². The van der Waals surface area contributed by atoms with Gasteiger partial charge >= 0.3 is 6.18 Å². The molecule has 1 aliphatic heterocycles. The zero-order valence-electron chi connectivity index (χ0n) is 16.2. The van der Waals surface area contributed by atoms with Gasteiger partial charge in [-0.3, -0.25) is 4.79 Å². The molecule has 0 bridgehead atoms. The number of nitrogens with one attached hydrogen (secondary N) is 1. The van der Waals surface area contributed by atoms with Crippen LogP contribution in [0.25, 0.3) is 11.3 Å². The lowest BCUT2D eigenvalue weighted by molar-refractivity contribution is -0.137. The van der Waals surface area contributed by atoms with Crippen LogP contribution in [0.4, 0.5) is 24.5 Å². The molecule has 1 aliphatic rings. The van der Waals surface area contributed by atoms with Crippen LogP contribution in [-0.4, -0.2) is 32.2 Å². The molecule has 31 heavy (non-hydrogen) atoms. The minimum atomic E-state index is -4.53. The molecule has 1 saturated heterocycles. The number of morpholine rings is 1. The third-order valence-corrected chi connectivity index (χ3v) is 5.13. The molecule has 1 aromatic heterocycles. The molecule has 3 aromatic rings. The summed E-state index contributed by atoms with van der Waals surface area (Å²) in [6.07, 6.45) is -4.53. The summed E-state index contributed by atoms with van der Waals surface area (Å²) >= 11 is 5.88. The van der Waals surface area contributed by atoms with Gasteiger partial charge in [0.1, 0.15) is 5.76 Å². The number of carbonyl (C=O) groups excluding carboxylic acids is 1. The number of ether oxygens (including phenoxy) is 1. The number of anilines is 2. The first-order valence-electron chi connectivity index (χ1n) is 9.52. The Kier molecular flexibility index (Phi) is 5.93. The Morgan fingerprint density at radius 2 is 1.71 bits per heavy atom. The van der Waals surface area contributed by atoms with Crippen molar-refractivity contribution in [3.8, 4) is 11.3 Å². The second kappa shape index (κ2) is 8.64. The maximum absolute atomic E-state index is 13.2. The van der Waals surface area contributed by atoms with Crippen molar-refractivity contribution in [1.82, 2.24) is 0 Å². The standard InChI is InChI=1S/C22H18ClF3N2O3/c23-16-4-1-14(2-5-16)19-7-8-20(31-19)21(29)27-17-13-15(22(24,25)26)3-6-18(17)28-9-11-30-12-10-28/h1-8,13H,9-12H2,(H,27,29). The number of furan rings is 1. The van der Waals surface area contributed by atoms with Crippen LogP contribution >= 0.6 is 11.6 Å². The van der Waals surface area contributed by atoms with E-state index in [1.54, 1.807) is 30.3 Å². The van der Waals surface area contributed by atoms with E-state index in [1.807, 2.05) is 4.90 Å². The molecule has 1 fully saturated rings. The van der Waals surface area contributed by atoms with E-state index >= 15 is 0 Å². The molecule has 9 heteroatoms. The molecule has 0 unspecified atom stereocenters. The second-order valence-electron chi connectivity index (χ2n) is 6.95. The molecule has 0 aliphatic carbocycles. The number of alkyl halides is 3. The molecule has 5 nitrogen and oxygen atoms in total. The molecule has 1 amide bonds. The van der Waals surface area contributed by atoms with Crippen molar-refractivity contribution in [1.29, 1.82) is 0 Å². The summed E-state index contributed by atoms with van der Waals surface area (Å²) in [4.78, 5) is 14.6. The number of hydrogen-bond donors (Lipinski definition) is 1. The van der Waals surface area contributed by atoms with E-state index in [0.29, 0.717) is 42.8 Å². The van der Waals surface area contributed by atoms with Gasteiger partial charge in [0.2, 0.25) is 0 Å². The van der Waals surface area contributed by atoms with Gasteiger partial charge in [-0.05, 0) is 54.6 Å². The second-order valence-corrected chi connectivity index (χ2v) is 7.39. The highest BCUT2D eigenvalue weighted by Gasteiger charge is 2.32. The number of halogens is 4. The number of hydrogen-bond acceptors (Lipinski definition) is 4. The summed E-state index contributed by atoms with van der Waals surface area (Å²) in [5, 5.41) is 3.14. The Balaban J connectivity index is 1.61. The van der Waals surface area contributed by atoms with Crippen molar-refractivity contribution < 1.29 is 27.1 Å². The molecular formula is C22H18ClF3N2O3. The molecule has 2 aromatic carbocycles. The average molecular weight is 451 g/mol.